The van der Waals surface area contributed by atoms with E-state index in [0.717, 1.165) is 5.52 Å². The molecule has 0 spiro atoms. The fourth-order valence-electron chi connectivity index (χ4n) is 3.06. The molecule has 1 amide bonds. The highest BCUT2D eigenvalue weighted by molar-refractivity contribution is 7.16. The lowest BCUT2D eigenvalue weighted by atomic mass is 10.1. The summed E-state index contributed by atoms with van der Waals surface area (Å²) >= 11 is 1.41. The third-order valence-electron chi connectivity index (χ3n) is 4.44. The first kappa shape index (κ1) is 17.2. The molecule has 0 bridgehead atoms. The van der Waals surface area contributed by atoms with Crippen molar-refractivity contribution in [2.75, 3.05) is 6.54 Å². The van der Waals surface area contributed by atoms with Gasteiger partial charge in [-0.3, -0.25) is 19.0 Å². The minimum atomic E-state index is -0.699. The Morgan fingerprint density at radius 1 is 1.22 bits per heavy atom. The number of hydrogen-bond donors (Lipinski definition) is 2. The molecule has 0 fully saturated rings. The molecular formula is C19H16N4O3S. The van der Waals surface area contributed by atoms with Crippen LogP contribution in [0.5, 0.6) is 0 Å². The van der Waals surface area contributed by atoms with Crippen molar-refractivity contribution < 1.29 is 9.59 Å². The number of nitrogens with zero attached hydrogens (tertiary/aromatic N) is 2. The van der Waals surface area contributed by atoms with Gasteiger partial charge in [0.25, 0.3) is 17.2 Å². The highest BCUT2D eigenvalue weighted by Crippen LogP contribution is 2.18. The smallest absolute Gasteiger partial charge is 0.292 e. The largest absolute Gasteiger partial charge is 0.360 e. The molecule has 0 atom stereocenters. The van der Waals surface area contributed by atoms with Gasteiger partial charge in [-0.1, -0.05) is 18.2 Å². The number of rotatable bonds is 5. The fraction of sp³-hybridized carbons (Fsp3) is 0.158. The number of thiophene rings is 1. The number of para-hydroxylation sites is 1. The van der Waals surface area contributed by atoms with E-state index < -0.39 is 11.7 Å². The van der Waals surface area contributed by atoms with Crippen LogP contribution in [0.25, 0.3) is 21.1 Å². The Hall–Kier alpha value is -3.26. The number of carbonyl (C=O) groups is 2. The number of hydrogen-bond acceptors (Lipinski definition) is 5. The monoisotopic (exact) mass is 380 g/mol. The average molecular weight is 380 g/mol. The van der Waals surface area contributed by atoms with Crippen molar-refractivity contribution in [1.29, 1.82) is 0 Å². The Bertz CT molecular complexity index is 1230. The second kappa shape index (κ2) is 6.81. The van der Waals surface area contributed by atoms with Crippen LogP contribution in [0.1, 0.15) is 16.2 Å². The number of fused-ring (bicyclic) bond motifs is 2. The van der Waals surface area contributed by atoms with Gasteiger partial charge in [0.1, 0.15) is 10.7 Å². The van der Waals surface area contributed by atoms with Crippen LogP contribution in [0, 0.1) is 6.92 Å². The lowest BCUT2D eigenvalue weighted by Crippen LogP contribution is -2.35. The van der Waals surface area contributed by atoms with Crippen LogP contribution in [0.2, 0.25) is 0 Å². The fourth-order valence-corrected chi connectivity index (χ4v) is 3.86. The number of H-pyrrole nitrogens is 1. The zero-order valence-corrected chi connectivity index (χ0v) is 15.3. The molecule has 7 nitrogen and oxygen atoms in total. The first-order chi connectivity index (χ1) is 13.1. The first-order valence-electron chi connectivity index (χ1n) is 8.39. The summed E-state index contributed by atoms with van der Waals surface area (Å²) in [5, 5.41) is 5.68. The van der Waals surface area contributed by atoms with Gasteiger partial charge in [0.05, 0.1) is 10.9 Å². The summed E-state index contributed by atoms with van der Waals surface area (Å²) in [6.07, 6.45) is 1.54. The molecule has 27 heavy (non-hydrogen) atoms. The van der Waals surface area contributed by atoms with Gasteiger partial charge in [-0.2, -0.15) is 0 Å². The molecule has 0 aliphatic rings. The van der Waals surface area contributed by atoms with Crippen molar-refractivity contribution in [3.05, 3.63) is 63.7 Å². The molecule has 4 aromatic rings. The van der Waals surface area contributed by atoms with E-state index in [9.17, 15) is 14.4 Å². The molecule has 0 aliphatic heterocycles. The van der Waals surface area contributed by atoms with Crippen LogP contribution in [0.15, 0.2) is 46.7 Å². The topological polar surface area (TPSA) is 96.8 Å². The molecule has 4 rings (SSSR count). The Morgan fingerprint density at radius 3 is 2.89 bits per heavy atom. The molecule has 0 unspecified atom stereocenters. The van der Waals surface area contributed by atoms with Crippen LogP contribution >= 0.6 is 11.3 Å². The van der Waals surface area contributed by atoms with Gasteiger partial charge in [0, 0.05) is 30.2 Å². The van der Waals surface area contributed by atoms with E-state index >= 15 is 0 Å². The van der Waals surface area contributed by atoms with Crippen LogP contribution < -0.4 is 10.9 Å². The quantitative estimate of drug-likeness (QED) is 0.410. The number of amides is 1. The number of carbonyl (C=O) groups excluding carboxylic acids is 2. The van der Waals surface area contributed by atoms with Gasteiger partial charge < -0.3 is 10.3 Å². The zero-order valence-electron chi connectivity index (χ0n) is 14.5. The predicted octanol–water partition coefficient (Wildman–Crippen LogP) is 2.25. The van der Waals surface area contributed by atoms with E-state index in [4.69, 9.17) is 0 Å². The summed E-state index contributed by atoms with van der Waals surface area (Å²) in [5.74, 6) is -0.731. The maximum absolute atomic E-state index is 12.5. The maximum atomic E-state index is 12.5. The van der Waals surface area contributed by atoms with Crippen molar-refractivity contribution in [3.63, 3.8) is 0 Å². The number of aryl methyl sites for hydroxylation is 1. The Balaban J connectivity index is 1.47. The lowest BCUT2D eigenvalue weighted by Gasteiger charge is -2.10. The lowest BCUT2D eigenvalue weighted by molar-refractivity contribution is -0.117. The van der Waals surface area contributed by atoms with Gasteiger partial charge in [-0.15, -0.1) is 11.3 Å². The standard InChI is InChI=1S/C19H16N4O3S/c1-11-22-18-13(6-9-27-18)19(26)23(11)8-7-20-17(25)16(24)14-10-21-15-5-3-2-4-12(14)15/h2-6,9-10,21H,7-8H2,1H3,(H,20,25). The van der Waals surface area contributed by atoms with Gasteiger partial charge in [0.15, 0.2) is 0 Å². The van der Waals surface area contributed by atoms with E-state index in [1.807, 2.05) is 23.6 Å². The molecule has 0 radical (unpaired) electrons. The summed E-state index contributed by atoms with van der Waals surface area (Å²) in [5.41, 5.74) is 0.986. The summed E-state index contributed by atoms with van der Waals surface area (Å²) < 4.78 is 1.51. The van der Waals surface area contributed by atoms with Gasteiger partial charge in [0.2, 0.25) is 0 Å². The Kier molecular flexibility index (Phi) is 4.33. The molecule has 3 aromatic heterocycles. The van der Waals surface area contributed by atoms with Crippen molar-refractivity contribution in [1.82, 2.24) is 19.9 Å². The zero-order chi connectivity index (χ0) is 19.0. The third kappa shape index (κ3) is 3.04. The molecule has 2 N–H and O–H groups in total. The number of aromatic amines is 1. The van der Waals surface area contributed by atoms with Crippen LogP contribution in [-0.4, -0.2) is 32.8 Å². The van der Waals surface area contributed by atoms with Crippen LogP contribution in [0.4, 0.5) is 0 Å². The summed E-state index contributed by atoms with van der Waals surface area (Å²) in [6, 6.07) is 9.04. The Morgan fingerprint density at radius 2 is 2.04 bits per heavy atom. The number of aromatic nitrogens is 3. The van der Waals surface area contributed by atoms with Crippen molar-refractivity contribution in [2.24, 2.45) is 0 Å². The van der Waals surface area contributed by atoms with Gasteiger partial charge >= 0.3 is 0 Å². The minimum Gasteiger partial charge on any atom is -0.360 e. The highest BCUT2D eigenvalue weighted by Gasteiger charge is 2.19. The number of benzene rings is 1. The number of Topliss-reactive ketones (excluding diaryl/α,β-unsaturated/α-hetero) is 1. The van der Waals surface area contributed by atoms with Crippen LogP contribution in [-0.2, 0) is 11.3 Å². The molecule has 1 aromatic carbocycles. The molecule has 136 valence electrons. The third-order valence-corrected chi connectivity index (χ3v) is 5.24. The molecule has 3 heterocycles. The van der Waals surface area contributed by atoms with E-state index in [0.29, 0.717) is 27.0 Å². The number of ketones is 1. The summed E-state index contributed by atoms with van der Waals surface area (Å²) in [4.78, 5) is 45.2. The van der Waals surface area contributed by atoms with Crippen molar-refractivity contribution in [2.45, 2.75) is 13.5 Å². The maximum Gasteiger partial charge on any atom is 0.292 e. The first-order valence-corrected chi connectivity index (χ1v) is 9.27. The molecule has 0 aliphatic carbocycles. The van der Waals surface area contributed by atoms with E-state index in [1.54, 1.807) is 19.1 Å². The SMILES string of the molecule is Cc1nc2sccc2c(=O)n1CCNC(=O)C(=O)c1c[nH]c2ccccc12. The van der Waals surface area contributed by atoms with E-state index in [-0.39, 0.29) is 18.6 Å². The average Bonchev–Trinajstić information content (AvgIpc) is 3.30. The van der Waals surface area contributed by atoms with Crippen molar-refractivity contribution >= 4 is 44.1 Å². The van der Waals surface area contributed by atoms with E-state index in [2.05, 4.69) is 15.3 Å². The second-order valence-corrected chi connectivity index (χ2v) is 6.98. The highest BCUT2D eigenvalue weighted by atomic mass is 32.1. The van der Waals surface area contributed by atoms with Gasteiger partial charge in [-0.25, -0.2) is 4.98 Å². The normalized spacial score (nSPS) is 11.1. The predicted molar refractivity (Wildman–Crippen MR) is 104 cm³/mol. The summed E-state index contributed by atoms with van der Waals surface area (Å²) in [7, 11) is 0. The second-order valence-electron chi connectivity index (χ2n) is 6.09. The van der Waals surface area contributed by atoms with E-state index in [1.165, 1.54) is 22.1 Å². The molecule has 0 saturated carbocycles. The van der Waals surface area contributed by atoms with Crippen LogP contribution in [0.3, 0.4) is 0 Å². The molecule has 8 heteroatoms. The minimum absolute atomic E-state index is 0.143. The molecule has 0 saturated heterocycles. The Labute approximate surface area is 157 Å². The summed E-state index contributed by atoms with van der Waals surface area (Å²) in [6.45, 7) is 2.15. The molecular weight excluding hydrogens is 364 g/mol. The number of nitrogens with one attached hydrogen (secondary N) is 2. The van der Waals surface area contributed by atoms with Gasteiger partial charge in [-0.05, 0) is 24.4 Å². The van der Waals surface area contributed by atoms with Crippen molar-refractivity contribution in [3.8, 4) is 0 Å².